The van der Waals surface area contributed by atoms with E-state index in [-0.39, 0.29) is 18.5 Å². The van der Waals surface area contributed by atoms with Gasteiger partial charge in [0.1, 0.15) is 11.6 Å². The highest BCUT2D eigenvalue weighted by atomic mass is 32.1. The minimum absolute atomic E-state index is 0.0868. The lowest BCUT2D eigenvalue weighted by Gasteiger charge is -2.26. The predicted molar refractivity (Wildman–Crippen MR) is 72.1 cm³/mol. The molecule has 19 heavy (non-hydrogen) atoms. The molecule has 0 bridgehead atoms. The van der Waals surface area contributed by atoms with E-state index in [1.165, 1.54) is 16.2 Å². The second-order valence-corrected chi connectivity index (χ2v) is 5.86. The van der Waals surface area contributed by atoms with Gasteiger partial charge in [-0.2, -0.15) is 0 Å². The molecule has 1 aromatic heterocycles. The van der Waals surface area contributed by atoms with Gasteiger partial charge in [-0.3, -0.25) is 10.1 Å². The first-order chi connectivity index (χ1) is 9.04. The Balaban J connectivity index is 1.91. The fraction of sp³-hybridized carbons (Fsp3) is 0.636. The van der Waals surface area contributed by atoms with E-state index in [0.29, 0.717) is 24.1 Å². The number of amides is 3. The number of rotatable bonds is 3. The standard InChI is InChI=1S/C11H17N5O2S/c1-7(2)5-9-14-15-10(19-9)13-11(18)16-4-3-12-8(17)6-16/h7H,3-6H2,1-2H3,(H,12,17)(H,13,15,18). The Morgan fingerprint density at radius 2 is 2.32 bits per heavy atom. The molecule has 104 valence electrons. The minimum atomic E-state index is -0.304. The number of piperazine rings is 1. The second-order valence-electron chi connectivity index (χ2n) is 4.80. The van der Waals surface area contributed by atoms with Crippen molar-refractivity contribution in [3.63, 3.8) is 0 Å². The second kappa shape index (κ2) is 5.96. The molecule has 2 rings (SSSR count). The van der Waals surface area contributed by atoms with Crippen molar-refractivity contribution in [1.82, 2.24) is 20.4 Å². The number of anilines is 1. The molecule has 8 heteroatoms. The highest BCUT2D eigenvalue weighted by molar-refractivity contribution is 7.15. The number of aromatic nitrogens is 2. The van der Waals surface area contributed by atoms with E-state index in [1.54, 1.807) is 0 Å². The average molecular weight is 283 g/mol. The largest absolute Gasteiger partial charge is 0.353 e. The summed E-state index contributed by atoms with van der Waals surface area (Å²) in [6.45, 7) is 5.29. The van der Waals surface area contributed by atoms with Crippen molar-refractivity contribution in [2.24, 2.45) is 5.92 Å². The number of urea groups is 1. The normalized spacial score (nSPS) is 15.5. The quantitative estimate of drug-likeness (QED) is 0.855. The molecule has 0 unspecified atom stereocenters. The zero-order valence-corrected chi connectivity index (χ0v) is 11.8. The third kappa shape index (κ3) is 3.88. The van der Waals surface area contributed by atoms with Gasteiger partial charge in [0.05, 0.1) is 0 Å². The Kier molecular flexibility index (Phi) is 4.31. The van der Waals surface area contributed by atoms with Crippen molar-refractivity contribution in [3.05, 3.63) is 5.01 Å². The van der Waals surface area contributed by atoms with E-state index in [4.69, 9.17) is 0 Å². The molecule has 1 fully saturated rings. The van der Waals surface area contributed by atoms with Crippen LogP contribution in [0.2, 0.25) is 0 Å². The van der Waals surface area contributed by atoms with Crippen LogP contribution in [0.3, 0.4) is 0 Å². The summed E-state index contributed by atoms with van der Waals surface area (Å²) >= 11 is 1.37. The smallest absolute Gasteiger partial charge is 0.324 e. The van der Waals surface area contributed by atoms with Gasteiger partial charge in [-0.25, -0.2) is 4.79 Å². The van der Waals surface area contributed by atoms with Crippen molar-refractivity contribution in [2.45, 2.75) is 20.3 Å². The molecule has 3 amide bonds. The molecule has 0 atom stereocenters. The van der Waals surface area contributed by atoms with Gasteiger partial charge in [-0.1, -0.05) is 25.2 Å². The van der Waals surface area contributed by atoms with Crippen LogP contribution >= 0.6 is 11.3 Å². The van der Waals surface area contributed by atoms with Crippen LogP contribution in [0.1, 0.15) is 18.9 Å². The van der Waals surface area contributed by atoms with Crippen LogP contribution in [0.5, 0.6) is 0 Å². The Hall–Kier alpha value is -1.70. The predicted octanol–water partition coefficient (Wildman–Crippen LogP) is 0.700. The molecule has 2 heterocycles. The summed E-state index contributed by atoms with van der Waals surface area (Å²) in [6, 6.07) is -0.304. The molecular formula is C11H17N5O2S. The highest BCUT2D eigenvalue weighted by Crippen LogP contribution is 2.18. The first-order valence-electron chi connectivity index (χ1n) is 6.19. The van der Waals surface area contributed by atoms with Crippen LogP contribution in [0.4, 0.5) is 9.93 Å². The van der Waals surface area contributed by atoms with E-state index < -0.39 is 0 Å². The molecule has 0 saturated carbocycles. The lowest BCUT2D eigenvalue weighted by Crippen LogP contribution is -2.51. The minimum Gasteiger partial charge on any atom is -0.353 e. The van der Waals surface area contributed by atoms with Gasteiger partial charge in [-0.05, 0) is 5.92 Å². The molecule has 2 N–H and O–H groups in total. The van der Waals surface area contributed by atoms with Gasteiger partial charge in [0.25, 0.3) is 0 Å². The monoisotopic (exact) mass is 283 g/mol. The first kappa shape index (κ1) is 13.7. The lowest BCUT2D eigenvalue weighted by atomic mass is 10.1. The van der Waals surface area contributed by atoms with E-state index >= 15 is 0 Å². The SMILES string of the molecule is CC(C)Cc1nnc(NC(=O)N2CCNC(=O)C2)s1. The van der Waals surface area contributed by atoms with Crippen LogP contribution in [-0.2, 0) is 11.2 Å². The average Bonchev–Trinajstić information content (AvgIpc) is 2.75. The molecule has 0 spiro atoms. The van der Waals surface area contributed by atoms with Crippen molar-refractivity contribution in [3.8, 4) is 0 Å². The molecule has 1 aromatic rings. The van der Waals surface area contributed by atoms with Gasteiger partial charge in [-0.15, -0.1) is 10.2 Å². The summed E-state index contributed by atoms with van der Waals surface area (Å²) in [5.41, 5.74) is 0. The molecule has 1 aliphatic rings. The molecule has 1 saturated heterocycles. The van der Waals surface area contributed by atoms with Crippen molar-refractivity contribution >= 4 is 28.4 Å². The zero-order valence-electron chi connectivity index (χ0n) is 11.0. The van der Waals surface area contributed by atoms with Gasteiger partial charge >= 0.3 is 6.03 Å². The molecule has 1 aliphatic heterocycles. The van der Waals surface area contributed by atoms with Gasteiger partial charge in [0, 0.05) is 19.5 Å². The Bertz CT molecular complexity index is 473. The van der Waals surface area contributed by atoms with Crippen LogP contribution in [-0.4, -0.2) is 46.7 Å². The Morgan fingerprint density at radius 1 is 1.53 bits per heavy atom. The van der Waals surface area contributed by atoms with E-state index in [2.05, 4.69) is 34.7 Å². The van der Waals surface area contributed by atoms with Gasteiger partial charge in [0.2, 0.25) is 11.0 Å². The van der Waals surface area contributed by atoms with E-state index in [0.717, 1.165) is 11.4 Å². The van der Waals surface area contributed by atoms with Crippen molar-refractivity contribution in [2.75, 3.05) is 25.0 Å². The van der Waals surface area contributed by atoms with Crippen molar-refractivity contribution < 1.29 is 9.59 Å². The van der Waals surface area contributed by atoms with E-state index in [1.807, 2.05) is 0 Å². The summed E-state index contributed by atoms with van der Waals surface area (Å²) < 4.78 is 0. The summed E-state index contributed by atoms with van der Waals surface area (Å²) in [5, 5.41) is 14.7. The topological polar surface area (TPSA) is 87.2 Å². The third-order valence-corrected chi connectivity index (χ3v) is 3.45. The maximum Gasteiger partial charge on any atom is 0.324 e. The van der Waals surface area contributed by atoms with Crippen LogP contribution in [0, 0.1) is 5.92 Å². The molecular weight excluding hydrogens is 266 g/mol. The third-order valence-electron chi connectivity index (χ3n) is 2.59. The maximum atomic E-state index is 11.9. The number of hydrogen-bond donors (Lipinski definition) is 2. The summed E-state index contributed by atoms with van der Waals surface area (Å²) in [4.78, 5) is 24.6. The maximum absolute atomic E-state index is 11.9. The van der Waals surface area contributed by atoms with Crippen LogP contribution in [0.15, 0.2) is 0 Å². The summed E-state index contributed by atoms with van der Waals surface area (Å²) in [7, 11) is 0. The van der Waals surface area contributed by atoms with Crippen molar-refractivity contribution in [1.29, 1.82) is 0 Å². The summed E-state index contributed by atoms with van der Waals surface area (Å²) in [6.07, 6.45) is 0.847. The number of carbonyl (C=O) groups excluding carboxylic acids is 2. The molecule has 0 aromatic carbocycles. The number of hydrogen-bond acceptors (Lipinski definition) is 5. The van der Waals surface area contributed by atoms with Crippen LogP contribution < -0.4 is 10.6 Å². The number of carbonyl (C=O) groups is 2. The molecule has 7 nitrogen and oxygen atoms in total. The zero-order chi connectivity index (χ0) is 13.8. The number of nitrogens with zero attached hydrogens (tertiary/aromatic N) is 3. The molecule has 0 aliphatic carbocycles. The molecule has 0 radical (unpaired) electrons. The fourth-order valence-electron chi connectivity index (χ4n) is 1.72. The fourth-order valence-corrected chi connectivity index (χ4v) is 2.66. The Morgan fingerprint density at radius 3 is 3.00 bits per heavy atom. The summed E-state index contributed by atoms with van der Waals surface area (Å²) in [5.74, 6) is 0.362. The van der Waals surface area contributed by atoms with Gasteiger partial charge in [0.15, 0.2) is 0 Å². The lowest BCUT2D eigenvalue weighted by molar-refractivity contribution is -0.123. The Labute approximate surface area is 115 Å². The first-order valence-corrected chi connectivity index (χ1v) is 7.01. The van der Waals surface area contributed by atoms with Crippen LogP contribution in [0.25, 0.3) is 0 Å². The highest BCUT2D eigenvalue weighted by Gasteiger charge is 2.22. The number of nitrogens with one attached hydrogen (secondary N) is 2. The van der Waals surface area contributed by atoms with Gasteiger partial charge < -0.3 is 10.2 Å². The van der Waals surface area contributed by atoms with E-state index in [9.17, 15) is 9.59 Å².